The summed E-state index contributed by atoms with van der Waals surface area (Å²) in [6.45, 7) is 14.8. The van der Waals surface area contributed by atoms with Crippen LogP contribution in [0.5, 0.6) is 0 Å². The van der Waals surface area contributed by atoms with Gasteiger partial charge in [-0.1, -0.05) is 81.3 Å². The number of nitrogens with one attached hydrogen (secondary N) is 1. The van der Waals surface area contributed by atoms with Crippen LogP contribution in [0.2, 0.25) is 39.3 Å². The molecule has 2 aromatic rings. The van der Waals surface area contributed by atoms with Crippen molar-refractivity contribution in [2.45, 2.75) is 52.3 Å². The van der Waals surface area contributed by atoms with Crippen molar-refractivity contribution in [3.63, 3.8) is 0 Å². The van der Waals surface area contributed by atoms with Crippen molar-refractivity contribution in [1.82, 2.24) is 0 Å². The predicted octanol–water partition coefficient (Wildman–Crippen LogP) is 5.74. The van der Waals surface area contributed by atoms with Crippen LogP contribution < -0.4 is 11.1 Å². The molecular formula is C35H50N2O7Si2. The Labute approximate surface area is 279 Å². The monoisotopic (exact) mass is 666 g/mol. The van der Waals surface area contributed by atoms with Gasteiger partial charge in [0.05, 0.1) is 33.1 Å². The Morgan fingerprint density at radius 1 is 0.804 bits per heavy atom. The summed E-state index contributed by atoms with van der Waals surface area (Å²) in [5.41, 5.74) is 15.4. The number of benzene rings is 2. The number of hydrogen-bond donors (Lipinski definition) is 2. The van der Waals surface area contributed by atoms with Gasteiger partial charge in [0, 0.05) is 32.7 Å². The van der Waals surface area contributed by atoms with E-state index in [0.717, 1.165) is 22.9 Å². The van der Waals surface area contributed by atoms with Gasteiger partial charge in [0.15, 0.2) is 0 Å². The Morgan fingerprint density at radius 3 is 1.80 bits per heavy atom. The van der Waals surface area contributed by atoms with E-state index < -0.39 is 34.1 Å². The molecule has 1 unspecified atom stereocenters. The maximum Gasteiger partial charge on any atom is 0.384 e. The van der Waals surface area contributed by atoms with Crippen molar-refractivity contribution >= 4 is 45.4 Å². The molecular weight excluding hydrogens is 617 g/mol. The molecule has 0 aliphatic rings. The van der Waals surface area contributed by atoms with E-state index in [4.69, 9.17) is 10.5 Å². The molecule has 0 amide bonds. The summed E-state index contributed by atoms with van der Waals surface area (Å²) in [7, 11) is 2.48. The molecule has 0 saturated carbocycles. The van der Waals surface area contributed by atoms with Gasteiger partial charge in [-0.3, -0.25) is 0 Å². The van der Waals surface area contributed by atoms with Gasteiger partial charge in [-0.05, 0) is 31.2 Å². The molecule has 0 spiro atoms. The lowest BCUT2D eigenvalue weighted by atomic mass is 10.2. The minimum atomic E-state index is -1.53. The molecule has 3 N–H and O–H groups in total. The number of nitrogen functional groups attached to an aromatic ring is 1. The second-order valence-electron chi connectivity index (χ2n) is 11.5. The molecule has 0 aromatic heterocycles. The Kier molecular flexibility index (Phi) is 18.9. The van der Waals surface area contributed by atoms with E-state index in [2.05, 4.69) is 93.6 Å². The van der Waals surface area contributed by atoms with Crippen molar-refractivity contribution in [1.29, 1.82) is 0 Å². The molecule has 1 atom stereocenters. The fourth-order valence-corrected chi connectivity index (χ4v) is 3.69. The first kappa shape index (κ1) is 41.3. The molecule has 250 valence electrons. The number of methoxy groups -OCH3 is 4. The Hall–Kier alpha value is -4.74. The normalized spacial score (nSPS) is 10.9. The number of hydrogen-bond acceptors (Lipinski definition) is 9. The summed E-state index contributed by atoms with van der Waals surface area (Å²) in [5.74, 6) is 9.21. The van der Waals surface area contributed by atoms with Crippen LogP contribution in [-0.2, 0) is 33.3 Å². The third-order valence-electron chi connectivity index (χ3n) is 5.09. The van der Waals surface area contributed by atoms with Crippen LogP contribution in [-0.4, -0.2) is 68.6 Å². The first-order valence-electron chi connectivity index (χ1n) is 14.2. The summed E-state index contributed by atoms with van der Waals surface area (Å²) < 4.78 is 18.3. The Balaban J connectivity index is -0.000000688. The first-order valence-corrected chi connectivity index (χ1v) is 21.2. The second kappa shape index (κ2) is 21.1. The summed E-state index contributed by atoms with van der Waals surface area (Å²) >= 11 is 0. The van der Waals surface area contributed by atoms with E-state index in [9.17, 15) is 14.4 Å². The third-order valence-corrected chi connectivity index (χ3v) is 6.84. The zero-order chi connectivity index (χ0) is 35.3. The number of rotatable bonds is 5. The molecule has 0 bridgehead atoms. The zero-order valence-corrected chi connectivity index (χ0v) is 30.7. The summed E-state index contributed by atoms with van der Waals surface area (Å²) in [4.78, 5) is 33.6. The quantitative estimate of drug-likeness (QED) is 0.0781. The molecule has 0 radical (unpaired) electrons. The van der Waals surface area contributed by atoms with Crippen molar-refractivity contribution in [2.75, 3.05) is 39.5 Å². The van der Waals surface area contributed by atoms with E-state index >= 15 is 0 Å². The van der Waals surface area contributed by atoms with Crippen molar-refractivity contribution < 1.29 is 36.2 Å². The minimum Gasteiger partial charge on any atom is -0.466 e. The SMILES string of the molecule is COC(=O)/C=C(\Nc1ccccc1C#C[Si](C)(C)C)C(=O)OC.COC(=O)C#CC(C)OC.C[Si](C)(C)C#Cc1ccccc1N.[HH].[HH]. The lowest BCUT2D eigenvalue weighted by Crippen LogP contribution is -2.17. The Morgan fingerprint density at radius 2 is 1.33 bits per heavy atom. The smallest absolute Gasteiger partial charge is 0.384 e. The van der Waals surface area contributed by atoms with E-state index in [0.29, 0.717) is 5.69 Å². The molecule has 46 heavy (non-hydrogen) atoms. The highest BCUT2D eigenvalue weighted by Crippen LogP contribution is 2.17. The molecule has 2 rings (SSSR count). The molecule has 9 nitrogen and oxygen atoms in total. The fraction of sp³-hybridized carbons (Fsp3) is 0.343. The number of esters is 3. The van der Waals surface area contributed by atoms with Gasteiger partial charge in [-0.2, -0.15) is 0 Å². The number of anilines is 2. The number of para-hydroxylation sites is 2. The van der Waals surface area contributed by atoms with Gasteiger partial charge in [0.25, 0.3) is 0 Å². The van der Waals surface area contributed by atoms with E-state index in [1.807, 2.05) is 42.5 Å². The van der Waals surface area contributed by atoms with Crippen LogP contribution in [0.1, 0.15) is 20.9 Å². The first-order chi connectivity index (χ1) is 21.5. The Bertz CT molecular complexity index is 1550. The number of nitrogens with two attached hydrogens (primary N) is 1. The van der Waals surface area contributed by atoms with Crippen molar-refractivity contribution in [3.05, 3.63) is 71.4 Å². The highest BCUT2D eigenvalue weighted by atomic mass is 28.3. The van der Waals surface area contributed by atoms with Crippen molar-refractivity contribution in [3.8, 4) is 34.8 Å². The minimum absolute atomic E-state index is 0. The highest BCUT2D eigenvalue weighted by molar-refractivity contribution is 6.84. The number of carbonyl (C=O) groups excluding carboxylic acids is 3. The standard InChI is InChI=1S/C17H21NO4Si.C11H15NSi.C7H10O3.2H2/c1-21-16(19)12-15(17(20)22-2)18-14-9-7-6-8-13(14)10-11-23(3,4)5;1-13(2,3)9-8-10-6-4-5-7-11(10)12;1-6(9-2)4-5-7(8)10-3;;/h6-9,12,18H,1-5H3;4-7H,12H2,1-3H3;6H,1-3H3;2*1H/b15-12-;;;;. The molecule has 0 aliphatic heterocycles. The van der Waals surface area contributed by atoms with Gasteiger partial charge < -0.3 is 30.0 Å². The molecule has 2 aromatic carbocycles. The van der Waals surface area contributed by atoms with E-state index in [1.54, 1.807) is 13.0 Å². The van der Waals surface area contributed by atoms with E-state index in [1.165, 1.54) is 28.4 Å². The molecule has 0 aliphatic carbocycles. The van der Waals surface area contributed by atoms with Gasteiger partial charge in [-0.15, -0.1) is 11.1 Å². The molecule has 0 fully saturated rings. The van der Waals surface area contributed by atoms with E-state index in [-0.39, 0.29) is 14.7 Å². The second-order valence-corrected chi connectivity index (χ2v) is 21.0. The van der Waals surface area contributed by atoms with Gasteiger partial charge in [-0.25, -0.2) is 14.4 Å². The van der Waals surface area contributed by atoms with Crippen LogP contribution in [0.25, 0.3) is 0 Å². The zero-order valence-electron chi connectivity index (χ0n) is 28.7. The van der Waals surface area contributed by atoms with Crippen molar-refractivity contribution in [2.24, 2.45) is 0 Å². The average molecular weight is 667 g/mol. The van der Waals surface area contributed by atoms with Crippen LogP contribution in [0.3, 0.4) is 0 Å². The maximum atomic E-state index is 11.8. The van der Waals surface area contributed by atoms with Gasteiger partial charge >= 0.3 is 17.9 Å². The third kappa shape index (κ3) is 19.5. The predicted molar refractivity (Wildman–Crippen MR) is 194 cm³/mol. The van der Waals surface area contributed by atoms with Crippen LogP contribution in [0.4, 0.5) is 11.4 Å². The lowest BCUT2D eigenvalue weighted by Gasteiger charge is -2.11. The molecule has 0 saturated heterocycles. The molecule has 11 heteroatoms. The fourth-order valence-electron chi connectivity index (χ4n) is 2.67. The van der Waals surface area contributed by atoms with Gasteiger partial charge in [0.2, 0.25) is 0 Å². The van der Waals surface area contributed by atoms with Crippen LogP contribution in [0.15, 0.2) is 60.3 Å². The largest absolute Gasteiger partial charge is 0.466 e. The number of carbonyl (C=O) groups is 3. The van der Waals surface area contributed by atoms with Gasteiger partial charge in [0.1, 0.15) is 27.9 Å². The van der Waals surface area contributed by atoms with Crippen LogP contribution in [0, 0.1) is 34.8 Å². The maximum absolute atomic E-state index is 11.8. The highest BCUT2D eigenvalue weighted by Gasteiger charge is 2.14. The lowest BCUT2D eigenvalue weighted by molar-refractivity contribution is -0.138. The number of ether oxygens (including phenoxy) is 4. The topological polar surface area (TPSA) is 126 Å². The molecule has 0 heterocycles. The van der Waals surface area contributed by atoms with Crippen LogP contribution >= 0.6 is 0 Å². The summed E-state index contributed by atoms with van der Waals surface area (Å²) in [6.07, 6.45) is 0.827. The summed E-state index contributed by atoms with van der Waals surface area (Å²) in [5, 5.41) is 2.90. The average Bonchev–Trinajstić information content (AvgIpc) is 3.01. The summed E-state index contributed by atoms with van der Waals surface area (Å²) in [6, 6.07) is 15.0.